The molecule has 37 heavy (non-hydrogen) atoms. The molecule has 3 heterocycles. The maximum atomic E-state index is 13.2. The van der Waals surface area contributed by atoms with E-state index >= 15 is 0 Å². The summed E-state index contributed by atoms with van der Waals surface area (Å²) in [6.07, 6.45) is -0.669. The van der Waals surface area contributed by atoms with Gasteiger partial charge in [0, 0.05) is 31.6 Å². The first-order valence-electron chi connectivity index (χ1n) is 12.3. The number of nitrogens with zero attached hydrogens (tertiary/aromatic N) is 4. The number of hydrogen-bond acceptors (Lipinski definition) is 6. The number of ether oxygens (including phenoxy) is 2. The second-order valence-corrected chi connectivity index (χ2v) is 9.11. The minimum absolute atomic E-state index is 0.181. The molecule has 7 nitrogen and oxygen atoms in total. The van der Waals surface area contributed by atoms with Crippen molar-refractivity contribution < 1.29 is 27.4 Å². The lowest BCUT2D eigenvalue weighted by Gasteiger charge is -2.32. The number of halogens is 3. The Morgan fingerprint density at radius 2 is 1.62 bits per heavy atom. The molecule has 0 spiro atoms. The molecule has 1 aromatic heterocycles. The minimum Gasteiger partial charge on any atom is -0.493 e. The molecule has 1 fully saturated rings. The largest absolute Gasteiger partial charge is 0.493 e. The smallest absolute Gasteiger partial charge is 0.416 e. The van der Waals surface area contributed by atoms with E-state index in [-0.39, 0.29) is 18.0 Å². The van der Waals surface area contributed by atoms with Gasteiger partial charge in [0.25, 0.3) is 5.91 Å². The van der Waals surface area contributed by atoms with Crippen LogP contribution in [-0.2, 0) is 19.1 Å². The van der Waals surface area contributed by atoms with Crippen LogP contribution in [0.4, 0.5) is 19.1 Å². The van der Waals surface area contributed by atoms with Crippen LogP contribution in [0.25, 0.3) is 0 Å². The number of fused-ring (bicyclic) bond motifs is 1. The van der Waals surface area contributed by atoms with Crippen molar-refractivity contribution in [2.75, 3.05) is 31.6 Å². The van der Waals surface area contributed by atoms with Gasteiger partial charge in [0.05, 0.1) is 30.5 Å². The Morgan fingerprint density at radius 3 is 2.30 bits per heavy atom. The molecule has 10 heteroatoms. The molecule has 3 aromatic rings. The van der Waals surface area contributed by atoms with Crippen LogP contribution in [0.1, 0.15) is 46.4 Å². The van der Waals surface area contributed by atoms with Crippen LogP contribution in [0.5, 0.6) is 17.4 Å². The van der Waals surface area contributed by atoms with Crippen molar-refractivity contribution >= 4 is 11.9 Å². The summed E-state index contributed by atoms with van der Waals surface area (Å²) >= 11 is 0. The molecular formula is C27H27F3N4O3. The summed E-state index contributed by atoms with van der Waals surface area (Å²) in [5.41, 5.74) is 0.879. The summed E-state index contributed by atoms with van der Waals surface area (Å²) in [4.78, 5) is 26.5. The summed E-state index contributed by atoms with van der Waals surface area (Å²) in [6, 6.07) is 11.5. The second kappa shape index (κ2) is 10.3. The normalized spacial score (nSPS) is 15.8. The van der Waals surface area contributed by atoms with Crippen LogP contribution >= 0.6 is 0 Å². The van der Waals surface area contributed by atoms with E-state index in [0.29, 0.717) is 41.9 Å². The van der Waals surface area contributed by atoms with Gasteiger partial charge >= 0.3 is 6.18 Å². The molecule has 0 aliphatic carbocycles. The van der Waals surface area contributed by atoms with Crippen LogP contribution in [0, 0.1) is 0 Å². The number of benzene rings is 2. The summed E-state index contributed by atoms with van der Waals surface area (Å²) in [6.45, 7) is 2.30. The second-order valence-electron chi connectivity index (χ2n) is 9.11. The predicted molar refractivity (Wildman–Crippen MR) is 131 cm³/mol. The van der Waals surface area contributed by atoms with E-state index in [1.807, 2.05) is 12.1 Å². The maximum Gasteiger partial charge on any atom is 0.416 e. The highest BCUT2D eigenvalue weighted by Crippen LogP contribution is 2.36. The Balaban J connectivity index is 1.46. The zero-order chi connectivity index (χ0) is 26.0. The summed E-state index contributed by atoms with van der Waals surface area (Å²) in [5, 5.41) is 0. The SMILES string of the molecule is COc1ccccc1Oc1nc(N2CCCCC2)nc2c1CN(C(=O)c1ccc(C(F)(F)F)cc1)CC2. The van der Waals surface area contributed by atoms with Crippen molar-refractivity contribution in [3.63, 3.8) is 0 Å². The number of carbonyl (C=O) groups excluding carboxylic acids is 1. The van der Waals surface area contributed by atoms with E-state index in [1.165, 1.54) is 18.6 Å². The summed E-state index contributed by atoms with van der Waals surface area (Å²) in [5.74, 6) is 1.62. The molecule has 0 radical (unpaired) electrons. The predicted octanol–water partition coefficient (Wildman–Crippen LogP) is 5.49. The van der Waals surface area contributed by atoms with Crippen LogP contribution in [0.3, 0.4) is 0 Å². The molecule has 2 aliphatic heterocycles. The molecule has 0 saturated carbocycles. The molecule has 1 saturated heterocycles. The van der Waals surface area contributed by atoms with Gasteiger partial charge in [-0.15, -0.1) is 0 Å². The molecule has 2 aliphatic rings. The first kappa shape index (κ1) is 24.9. The van der Waals surface area contributed by atoms with Gasteiger partial charge in [-0.1, -0.05) is 12.1 Å². The molecule has 0 unspecified atom stereocenters. The van der Waals surface area contributed by atoms with E-state index in [2.05, 4.69) is 4.90 Å². The van der Waals surface area contributed by atoms with Gasteiger partial charge in [-0.2, -0.15) is 18.2 Å². The van der Waals surface area contributed by atoms with Crippen molar-refractivity contribution in [1.82, 2.24) is 14.9 Å². The van der Waals surface area contributed by atoms with Crippen molar-refractivity contribution in [2.45, 2.75) is 38.4 Å². The number of amides is 1. The fraction of sp³-hybridized carbons (Fsp3) is 0.370. The quantitative estimate of drug-likeness (QED) is 0.451. The topological polar surface area (TPSA) is 67.8 Å². The van der Waals surface area contributed by atoms with Crippen molar-refractivity contribution in [1.29, 1.82) is 0 Å². The highest BCUT2D eigenvalue weighted by molar-refractivity contribution is 5.94. The van der Waals surface area contributed by atoms with Gasteiger partial charge in [0.1, 0.15) is 0 Å². The number of carbonyl (C=O) groups is 1. The van der Waals surface area contributed by atoms with Crippen LogP contribution in [0.15, 0.2) is 48.5 Å². The van der Waals surface area contributed by atoms with Crippen LogP contribution < -0.4 is 14.4 Å². The molecule has 5 rings (SSSR count). The third kappa shape index (κ3) is 5.33. The van der Waals surface area contributed by atoms with Gasteiger partial charge in [-0.3, -0.25) is 4.79 Å². The fourth-order valence-corrected chi connectivity index (χ4v) is 4.66. The van der Waals surface area contributed by atoms with E-state index in [0.717, 1.165) is 43.8 Å². The lowest BCUT2D eigenvalue weighted by molar-refractivity contribution is -0.137. The molecule has 0 N–H and O–H groups in total. The average molecular weight is 513 g/mol. The molecule has 0 bridgehead atoms. The Kier molecular flexibility index (Phi) is 6.90. The number of hydrogen-bond donors (Lipinski definition) is 0. The Bertz CT molecular complexity index is 1270. The Hall–Kier alpha value is -3.82. The third-order valence-corrected chi connectivity index (χ3v) is 6.67. The van der Waals surface area contributed by atoms with Crippen molar-refractivity contribution in [3.8, 4) is 17.4 Å². The number of alkyl halides is 3. The van der Waals surface area contributed by atoms with Gasteiger partial charge < -0.3 is 19.3 Å². The monoisotopic (exact) mass is 512 g/mol. The molecule has 2 aromatic carbocycles. The molecule has 194 valence electrons. The lowest BCUT2D eigenvalue weighted by atomic mass is 10.0. The summed E-state index contributed by atoms with van der Waals surface area (Å²) in [7, 11) is 1.56. The third-order valence-electron chi connectivity index (χ3n) is 6.67. The van der Waals surface area contributed by atoms with E-state index in [1.54, 1.807) is 24.1 Å². The number of para-hydroxylation sites is 2. The van der Waals surface area contributed by atoms with E-state index in [4.69, 9.17) is 19.4 Å². The van der Waals surface area contributed by atoms with E-state index < -0.39 is 11.7 Å². The zero-order valence-electron chi connectivity index (χ0n) is 20.4. The number of methoxy groups -OCH3 is 1. The van der Waals surface area contributed by atoms with Gasteiger partial charge in [-0.05, 0) is 55.7 Å². The molecular weight excluding hydrogens is 485 g/mol. The molecule has 0 atom stereocenters. The van der Waals surface area contributed by atoms with Gasteiger partial charge in [0.2, 0.25) is 11.8 Å². The van der Waals surface area contributed by atoms with Crippen molar-refractivity contribution in [2.24, 2.45) is 0 Å². The Labute approximate surface area is 212 Å². The van der Waals surface area contributed by atoms with Crippen LogP contribution in [-0.4, -0.2) is 47.5 Å². The Morgan fingerprint density at radius 1 is 0.919 bits per heavy atom. The number of anilines is 1. The van der Waals surface area contributed by atoms with Crippen LogP contribution in [0.2, 0.25) is 0 Å². The highest BCUT2D eigenvalue weighted by Gasteiger charge is 2.32. The zero-order valence-corrected chi connectivity index (χ0v) is 20.4. The minimum atomic E-state index is -4.46. The molecule has 1 amide bonds. The first-order valence-corrected chi connectivity index (χ1v) is 12.3. The number of piperidine rings is 1. The van der Waals surface area contributed by atoms with Gasteiger partial charge in [0.15, 0.2) is 11.5 Å². The lowest BCUT2D eigenvalue weighted by Crippen LogP contribution is -2.37. The van der Waals surface area contributed by atoms with E-state index in [9.17, 15) is 18.0 Å². The average Bonchev–Trinajstić information content (AvgIpc) is 2.92. The standard InChI is InChI=1S/C27H27F3N4O3/c1-36-22-7-3-4-8-23(22)37-24-20-17-34(25(35)18-9-11-19(12-10-18)27(28,29)30)16-13-21(20)31-26(32-24)33-14-5-2-6-15-33/h3-4,7-12H,2,5-6,13-17H2,1H3. The van der Waals surface area contributed by atoms with Crippen molar-refractivity contribution in [3.05, 3.63) is 70.9 Å². The van der Waals surface area contributed by atoms with Gasteiger partial charge in [-0.25, -0.2) is 4.98 Å². The highest BCUT2D eigenvalue weighted by atomic mass is 19.4. The first-order chi connectivity index (χ1) is 17.8. The summed E-state index contributed by atoms with van der Waals surface area (Å²) < 4.78 is 50.5. The number of aromatic nitrogens is 2. The fourth-order valence-electron chi connectivity index (χ4n) is 4.66. The maximum absolute atomic E-state index is 13.2. The number of rotatable bonds is 5.